The summed E-state index contributed by atoms with van der Waals surface area (Å²) in [6.45, 7) is 1.49. The molecule has 1 N–H and O–H groups in total. The summed E-state index contributed by atoms with van der Waals surface area (Å²) < 4.78 is 43.7. The Hall–Kier alpha value is -1.67. The zero-order valence-electron chi connectivity index (χ0n) is 9.02. The second-order valence-electron chi connectivity index (χ2n) is 3.38. The van der Waals surface area contributed by atoms with Gasteiger partial charge in [-0.2, -0.15) is 0 Å². The number of hydrogen-bond acceptors (Lipinski definition) is 5. The monoisotopic (exact) mass is 291 g/mol. The van der Waals surface area contributed by atoms with Crippen molar-refractivity contribution in [1.82, 2.24) is 10.3 Å². The topological polar surface area (TPSA) is 85.1 Å². The highest BCUT2D eigenvalue weighted by Gasteiger charge is 2.21. The number of aryl methyl sites for hydroxylation is 1. The molecule has 1 aromatic heterocycles. The zero-order valence-corrected chi connectivity index (χ0v) is 10.6. The number of aromatic nitrogens is 2. The van der Waals surface area contributed by atoms with Crippen LogP contribution in [0.25, 0.3) is 0 Å². The van der Waals surface area contributed by atoms with Crippen molar-refractivity contribution in [2.45, 2.75) is 11.8 Å². The molecule has 0 radical (unpaired) electrons. The van der Waals surface area contributed by atoms with Crippen molar-refractivity contribution in [3.63, 3.8) is 0 Å². The molecule has 18 heavy (non-hydrogen) atoms. The molecule has 0 aliphatic rings. The van der Waals surface area contributed by atoms with Crippen LogP contribution in [0, 0.1) is 12.7 Å². The van der Waals surface area contributed by atoms with E-state index in [9.17, 15) is 12.8 Å². The standard InChI is InChI=1S/C9H7ClFN3O3S/c1-5-9(13-17-12-5)14-18(15,16)8-3-2-6(10)4-7(8)11/h2-4H,1H3,(H,13,14). The molecule has 0 fully saturated rings. The number of anilines is 1. The number of hydrogen-bond donors (Lipinski definition) is 1. The largest absolute Gasteiger partial charge is 0.266 e. The number of nitrogens with one attached hydrogen (secondary N) is 1. The van der Waals surface area contributed by atoms with Crippen LogP contribution in [-0.2, 0) is 10.0 Å². The van der Waals surface area contributed by atoms with Crippen molar-refractivity contribution in [1.29, 1.82) is 0 Å². The van der Waals surface area contributed by atoms with Gasteiger partial charge in [0.15, 0.2) is 0 Å². The molecular formula is C9H7ClFN3O3S. The molecule has 9 heteroatoms. The predicted molar refractivity (Wildman–Crippen MR) is 61.3 cm³/mol. The van der Waals surface area contributed by atoms with Gasteiger partial charge in [-0.15, -0.1) is 0 Å². The molecule has 1 heterocycles. The lowest BCUT2D eigenvalue weighted by Gasteiger charge is -2.06. The maximum Gasteiger partial charge on any atom is 0.266 e. The smallest absolute Gasteiger partial charge is 0.259 e. The summed E-state index contributed by atoms with van der Waals surface area (Å²) >= 11 is 5.54. The van der Waals surface area contributed by atoms with Gasteiger partial charge in [-0.1, -0.05) is 16.8 Å². The first-order valence-electron chi connectivity index (χ1n) is 4.67. The van der Waals surface area contributed by atoms with E-state index in [2.05, 4.69) is 19.7 Å². The third kappa shape index (κ3) is 2.44. The highest BCUT2D eigenvalue weighted by molar-refractivity contribution is 7.92. The van der Waals surface area contributed by atoms with Crippen molar-refractivity contribution >= 4 is 27.4 Å². The Morgan fingerprint density at radius 2 is 2.11 bits per heavy atom. The predicted octanol–water partition coefficient (Wildman–Crippen LogP) is 1.97. The minimum atomic E-state index is -4.10. The molecule has 2 aromatic rings. The van der Waals surface area contributed by atoms with Gasteiger partial charge in [0.2, 0.25) is 5.82 Å². The molecule has 6 nitrogen and oxygen atoms in total. The normalized spacial score (nSPS) is 11.5. The molecule has 0 aliphatic heterocycles. The second kappa shape index (κ2) is 4.54. The molecule has 0 bridgehead atoms. The van der Waals surface area contributed by atoms with Gasteiger partial charge in [0.05, 0.1) is 0 Å². The molecule has 0 saturated carbocycles. The Bertz CT molecular complexity index is 686. The zero-order chi connectivity index (χ0) is 13.3. The van der Waals surface area contributed by atoms with E-state index in [4.69, 9.17) is 11.6 Å². The average molecular weight is 292 g/mol. The Morgan fingerprint density at radius 3 is 2.67 bits per heavy atom. The Morgan fingerprint density at radius 1 is 1.39 bits per heavy atom. The van der Waals surface area contributed by atoms with E-state index in [1.807, 2.05) is 0 Å². The molecule has 0 unspecified atom stereocenters. The van der Waals surface area contributed by atoms with Crippen LogP contribution in [0.5, 0.6) is 0 Å². The molecule has 2 rings (SSSR count). The second-order valence-corrected chi connectivity index (χ2v) is 5.47. The van der Waals surface area contributed by atoms with E-state index >= 15 is 0 Å². The van der Waals surface area contributed by atoms with Gasteiger partial charge < -0.3 is 0 Å². The van der Waals surface area contributed by atoms with E-state index in [-0.39, 0.29) is 16.5 Å². The molecular weight excluding hydrogens is 285 g/mol. The summed E-state index contributed by atoms with van der Waals surface area (Å²) in [6.07, 6.45) is 0. The molecule has 96 valence electrons. The highest BCUT2D eigenvalue weighted by Crippen LogP contribution is 2.21. The summed E-state index contributed by atoms with van der Waals surface area (Å²) in [5, 5.41) is 6.85. The van der Waals surface area contributed by atoms with Gasteiger partial charge in [-0.05, 0) is 30.3 Å². The number of nitrogens with zero attached hydrogens (tertiary/aromatic N) is 2. The lowest BCUT2D eigenvalue weighted by atomic mass is 10.3. The number of benzene rings is 1. The van der Waals surface area contributed by atoms with Crippen molar-refractivity contribution in [2.24, 2.45) is 0 Å². The first-order chi connectivity index (χ1) is 8.40. The van der Waals surface area contributed by atoms with Gasteiger partial charge in [-0.3, -0.25) is 4.72 Å². The van der Waals surface area contributed by atoms with Crippen LogP contribution in [0.1, 0.15) is 5.69 Å². The van der Waals surface area contributed by atoms with Crippen molar-refractivity contribution in [2.75, 3.05) is 4.72 Å². The van der Waals surface area contributed by atoms with Gasteiger partial charge >= 0.3 is 0 Å². The quantitative estimate of drug-likeness (QED) is 0.934. The van der Waals surface area contributed by atoms with Gasteiger partial charge in [0.1, 0.15) is 16.4 Å². The number of sulfonamides is 1. The molecule has 0 aliphatic carbocycles. The van der Waals surface area contributed by atoms with Gasteiger partial charge in [0.25, 0.3) is 10.0 Å². The lowest BCUT2D eigenvalue weighted by Crippen LogP contribution is -2.15. The van der Waals surface area contributed by atoms with Crippen LogP contribution in [-0.4, -0.2) is 18.7 Å². The SMILES string of the molecule is Cc1nonc1NS(=O)(=O)c1ccc(Cl)cc1F. The Kier molecular flexibility index (Phi) is 3.22. The molecule has 0 saturated heterocycles. The third-order valence-corrected chi connectivity index (χ3v) is 3.67. The maximum atomic E-state index is 13.5. The van der Waals surface area contributed by atoms with Crippen LogP contribution in [0.15, 0.2) is 27.7 Å². The van der Waals surface area contributed by atoms with Crippen molar-refractivity contribution in [3.8, 4) is 0 Å². The van der Waals surface area contributed by atoms with E-state index in [0.717, 1.165) is 12.1 Å². The van der Waals surface area contributed by atoms with E-state index in [1.54, 1.807) is 0 Å². The number of rotatable bonds is 3. The van der Waals surface area contributed by atoms with Gasteiger partial charge in [0, 0.05) is 5.02 Å². The molecule has 1 aromatic carbocycles. The van der Waals surface area contributed by atoms with Gasteiger partial charge in [-0.25, -0.2) is 17.4 Å². The fourth-order valence-electron chi connectivity index (χ4n) is 1.20. The fraction of sp³-hybridized carbons (Fsp3) is 0.111. The first-order valence-corrected chi connectivity index (χ1v) is 6.53. The van der Waals surface area contributed by atoms with Crippen LogP contribution < -0.4 is 4.72 Å². The van der Waals surface area contributed by atoms with Crippen LogP contribution >= 0.6 is 11.6 Å². The van der Waals surface area contributed by atoms with Crippen LogP contribution in [0.4, 0.5) is 10.2 Å². The summed E-state index contributed by atoms with van der Waals surface area (Å²) in [5.41, 5.74) is 0.243. The summed E-state index contributed by atoms with van der Waals surface area (Å²) in [5.74, 6) is -1.05. The Labute approximate surface area is 107 Å². The number of halogens is 2. The lowest BCUT2D eigenvalue weighted by molar-refractivity contribution is 0.306. The summed E-state index contributed by atoms with van der Waals surface area (Å²) in [4.78, 5) is -0.533. The van der Waals surface area contributed by atoms with Crippen LogP contribution in [0.2, 0.25) is 5.02 Å². The average Bonchev–Trinajstić information content (AvgIpc) is 2.63. The van der Waals surface area contributed by atoms with E-state index in [1.165, 1.54) is 13.0 Å². The van der Waals surface area contributed by atoms with Crippen LogP contribution in [0.3, 0.4) is 0 Å². The fourth-order valence-corrected chi connectivity index (χ4v) is 2.47. The maximum absolute atomic E-state index is 13.5. The third-order valence-electron chi connectivity index (χ3n) is 2.07. The minimum absolute atomic E-state index is 0.0932. The molecule has 0 amide bonds. The van der Waals surface area contributed by atoms with E-state index in [0.29, 0.717) is 0 Å². The highest BCUT2D eigenvalue weighted by atomic mass is 35.5. The Balaban J connectivity index is 2.40. The summed E-state index contributed by atoms with van der Waals surface area (Å²) in [7, 11) is -4.10. The first kappa shape index (κ1) is 12.8. The summed E-state index contributed by atoms with van der Waals surface area (Å²) in [6, 6.07) is 3.24. The van der Waals surface area contributed by atoms with Crippen molar-refractivity contribution in [3.05, 3.63) is 34.7 Å². The molecule has 0 atom stereocenters. The van der Waals surface area contributed by atoms with Crippen molar-refractivity contribution < 1.29 is 17.4 Å². The van der Waals surface area contributed by atoms with E-state index < -0.39 is 20.7 Å². The molecule has 0 spiro atoms. The minimum Gasteiger partial charge on any atom is -0.259 e.